The van der Waals surface area contributed by atoms with Crippen molar-refractivity contribution in [3.8, 4) is 0 Å². The van der Waals surface area contributed by atoms with Gasteiger partial charge in [0.1, 0.15) is 12.4 Å². The molecule has 1 aromatic heterocycles. The molecule has 0 bridgehead atoms. The van der Waals surface area contributed by atoms with Crippen molar-refractivity contribution < 1.29 is 9.53 Å². The summed E-state index contributed by atoms with van der Waals surface area (Å²) in [6, 6.07) is 0. The number of carbonyl (C=O) groups is 1. The number of hydrogen-bond donors (Lipinski definition) is 0. The Labute approximate surface area is 96.1 Å². The zero-order valence-electron chi connectivity index (χ0n) is 10.3. The quantitative estimate of drug-likeness (QED) is 0.781. The number of rotatable bonds is 4. The van der Waals surface area contributed by atoms with Crippen molar-refractivity contribution in [2.45, 2.75) is 34.3 Å². The number of nitrogens with zero attached hydrogens (tertiary/aromatic N) is 2. The number of ether oxygens (including phenoxy) is 1. The standard InChI is InChI=1S/C12H18N2O2/c1-9-13-5-10(6-14-9)7-16-8-11(15)12(2,3)4/h5-6H,7-8H2,1-4H3. The highest BCUT2D eigenvalue weighted by Gasteiger charge is 2.20. The molecule has 4 nitrogen and oxygen atoms in total. The Morgan fingerprint density at radius 2 is 1.88 bits per heavy atom. The van der Waals surface area contributed by atoms with Crippen molar-refractivity contribution >= 4 is 5.78 Å². The van der Waals surface area contributed by atoms with E-state index < -0.39 is 0 Å². The van der Waals surface area contributed by atoms with Crippen molar-refractivity contribution in [2.75, 3.05) is 6.61 Å². The molecular weight excluding hydrogens is 204 g/mol. The zero-order chi connectivity index (χ0) is 12.2. The number of Topliss-reactive ketones (excluding diaryl/α,β-unsaturated/α-hetero) is 1. The summed E-state index contributed by atoms with van der Waals surface area (Å²) < 4.78 is 5.32. The Morgan fingerprint density at radius 1 is 1.31 bits per heavy atom. The van der Waals surface area contributed by atoms with Crippen molar-refractivity contribution in [1.29, 1.82) is 0 Å². The molecule has 88 valence electrons. The molecule has 4 heteroatoms. The van der Waals surface area contributed by atoms with E-state index in [0.717, 1.165) is 11.4 Å². The average molecular weight is 222 g/mol. The van der Waals surface area contributed by atoms with Crippen LogP contribution in [0.3, 0.4) is 0 Å². The predicted molar refractivity (Wildman–Crippen MR) is 60.9 cm³/mol. The maximum Gasteiger partial charge on any atom is 0.163 e. The van der Waals surface area contributed by atoms with E-state index >= 15 is 0 Å². The van der Waals surface area contributed by atoms with Crippen molar-refractivity contribution in [3.05, 3.63) is 23.8 Å². The van der Waals surface area contributed by atoms with Crippen LogP contribution in [0.5, 0.6) is 0 Å². The third kappa shape index (κ3) is 4.06. The molecule has 0 aliphatic carbocycles. The molecule has 0 amide bonds. The van der Waals surface area contributed by atoms with E-state index in [1.807, 2.05) is 27.7 Å². The van der Waals surface area contributed by atoms with Gasteiger partial charge in [-0.15, -0.1) is 0 Å². The van der Waals surface area contributed by atoms with Gasteiger partial charge in [0.15, 0.2) is 5.78 Å². The lowest BCUT2D eigenvalue weighted by Gasteiger charge is -2.16. The molecule has 0 aromatic carbocycles. The Morgan fingerprint density at radius 3 is 2.38 bits per heavy atom. The molecule has 0 saturated heterocycles. The van der Waals surface area contributed by atoms with Gasteiger partial charge in [0.05, 0.1) is 6.61 Å². The monoisotopic (exact) mass is 222 g/mol. The van der Waals surface area contributed by atoms with Gasteiger partial charge < -0.3 is 4.74 Å². The topological polar surface area (TPSA) is 52.1 Å². The SMILES string of the molecule is Cc1ncc(COCC(=O)C(C)(C)C)cn1. The van der Waals surface area contributed by atoms with E-state index in [9.17, 15) is 4.79 Å². The Hall–Kier alpha value is -1.29. The number of hydrogen-bond acceptors (Lipinski definition) is 4. The molecule has 0 spiro atoms. The van der Waals surface area contributed by atoms with E-state index in [2.05, 4.69) is 9.97 Å². The second-order valence-corrected chi connectivity index (χ2v) is 4.80. The highest BCUT2D eigenvalue weighted by atomic mass is 16.5. The molecule has 0 radical (unpaired) electrons. The molecule has 16 heavy (non-hydrogen) atoms. The van der Waals surface area contributed by atoms with Gasteiger partial charge in [0.25, 0.3) is 0 Å². The summed E-state index contributed by atoms with van der Waals surface area (Å²) in [7, 11) is 0. The lowest BCUT2D eigenvalue weighted by molar-refractivity contribution is -0.131. The fourth-order valence-corrected chi connectivity index (χ4v) is 0.972. The summed E-state index contributed by atoms with van der Waals surface area (Å²) in [4.78, 5) is 19.7. The molecule has 1 heterocycles. The largest absolute Gasteiger partial charge is 0.369 e. The van der Waals surface area contributed by atoms with Gasteiger partial charge in [-0.3, -0.25) is 4.79 Å². The van der Waals surface area contributed by atoms with Crippen molar-refractivity contribution in [1.82, 2.24) is 9.97 Å². The summed E-state index contributed by atoms with van der Waals surface area (Å²) in [5, 5.41) is 0. The summed E-state index contributed by atoms with van der Waals surface area (Å²) in [6.45, 7) is 7.99. The number of carbonyl (C=O) groups excluding carboxylic acids is 1. The molecule has 0 aliphatic rings. The van der Waals surface area contributed by atoms with Crippen molar-refractivity contribution in [3.63, 3.8) is 0 Å². The molecule has 0 aliphatic heterocycles. The van der Waals surface area contributed by atoms with Crippen LogP contribution in [-0.2, 0) is 16.1 Å². The third-order valence-electron chi connectivity index (χ3n) is 2.17. The first-order valence-corrected chi connectivity index (χ1v) is 5.28. The average Bonchev–Trinajstić information content (AvgIpc) is 2.19. The van der Waals surface area contributed by atoms with E-state index in [1.165, 1.54) is 0 Å². The van der Waals surface area contributed by atoms with Crippen LogP contribution in [0, 0.1) is 12.3 Å². The van der Waals surface area contributed by atoms with Crippen LogP contribution < -0.4 is 0 Å². The minimum absolute atomic E-state index is 0.0977. The Kier molecular flexibility index (Phi) is 4.12. The summed E-state index contributed by atoms with van der Waals surface area (Å²) in [6.07, 6.45) is 3.42. The van der Waals surface area contributed by atoms with Crippen LogP contribution in [0.4, 0.5) is 0 Å². The molecule has 0 saturated carbocycles. The van der Waals surface area contributed by atoms with E-state index in [1.54, 1.807) is 12.4 Å². The summed E-state index contributed by atoms with van der Waals surface area (Å²) >= 11 is 0. The molecule has 0 N–H and O–H groups in total. The Balaban J connectivity index is 2.36. The summed E-state index contributed by atoms with van der Waals surface area (Å²) in [5.74, 6) is 0.829. The second-order valence-electron chi connectivity index (χ2n) is 4.80. The fourth-order valence-electron chi connectivity index (χ4n) is 0.972. The van der Waals surface area contributed by atoms with Gasteiger partial charge >= 0.3 is 0 Å². The van der Waals surface area contributed by atoms with Gasteiger partial charge in [-0.05, 0) is 6.92 Å². The van der Waals surface area contributed by atoms with Crippen LogP contribution in [0.1, 0.15) is 32.2 Å². The number of ketones is 1. The molecule has 1 aromatic rings. The lowest BCUT2D eigenvalue weighted by Crippen LogP contribution is -2.24. The number of aryl methyl sites for hydroxylation is 1. The maximum absolute atomic E-state index is 11.6. The summed E-state index contributed by atoms with van der Waals surface area (Å²) in [5.41, 5.74) is 0.538. The first-order valence-electron chi connectivity index (χ1n) is 5.28. The van der Waals surface area contributed by atoms with Crippen LogP contribution in [0.2, 0.25) is 0 Å². The predicted octanol–water partition coefficient (Wildman–Crippen LogP) is 1.92. The van der Waals surface area contributed by atoms with E-state index in [4.69, 9.17) is 4.74 Å². The van der Waals surface area contributed by atoms with Gasteiger partial charge in [-0.1, -0.05) is 20.8 Å². The van der Waals surface area contributed by atoms with Gasteiger partial charge in [-0.2, -0.15) is 0 Å². The number of aromatic nitrogens is 2. The third-order valence-corrected chi connectivity index (χ3v) is 2.17. The maximum atomic E-state index is 11.6. The van der Waals surface area contributed by atoms with Crippen LogP contribution in [0.25, 0.3) is 0 Å². The minimum atomic E-state index is -0.343. The molecule has 0 unspecified atom stereocenters. The second kappa shape index (κ2) is 5.16. The van der Waals surface area contributed by atoms with Gasteiger partial charge in [0.2, 0.25) is 0 Å². The minimum Gasteiger partial charge on any atom is -0.369 e. The normalized spacial score (nSPS) is 11.5. The fraction of sp³-hybridized carbons (Fsp3) is 0.583. The lowest BCUT2D eigenvalue weighted by atomic mass is 9.91. The highest BCUT2D eigenvalue weighted by molar-refractivity contribution is 5.84. The van der Waals surface area contributed by atoms with E-state index in [0.29, 0.717) is 6.61 Å². The first kappa shape index (κ1) is 12.8. The van der Waals surface area contributed by atoms with Gasteiger partial charge in [-0.25, -0.2) is 9.97 Å². The molecule has 1 rings (SSSR count). The van der Waals surface area contributed by atoms with Crippen LogP contribution in [0.15, 0.2) is 12.4 Å². The smallest absolute Gasteiger partial charge is 0.163 e. The van der Waals surface area contributed by atoms with E-state index in [-0.39, 0.29) is 17.8 Å². The molecule has 0 atom stereocenters. The molecule has 0 fully saturated rings. The van der Waals surface area contributed by atoms with Crippen molar-refractivity contribution in [2.24, 2.45) is 5.41 Å². The van der Waals surface area contributed by atoms with Crippen LogP contribution >= 0.6 is 0 Å². The highest BCUT2D eigenvalue weighted by Crippen LogP contribution is 2.14. The van der Waals surface area contributed by atoms with Crippen LogP contribution in [-0.4, -0.2) is 22.4 Å². The Bertz CT molecular complexity index is 352. The zero-order valence-corrected chi connectivity index (χ0v) is 10.3. The molecular formula is C12H18N2O2. The van der Waals surface area contributed by atoms with Gasteiger partial charge in [0, 0.05) is 23.4 Å². The first-order chi connectivity index (χ1) is 7.39.